The minimum absolute atomic E-state index is 0.111. The van der Waals surface area contributed by atoms with Gasteiger partial charge in [-0.2, -0.15) is 10.2 Å². The fraction of sp³-hybridized carbons (Fsp3) is 0.385. The molecule has 0 bridgehead atoms. The lowest BCUT2D eigenvalue weighted by molar-refractivity contribution is -0.136. The largest absolute Gasteiger partial charge is 0.469 e. The van der Waals surface area contributed by atoms with Crippen LogP contribution < -0.4 is 4.74 Å². The molecule has 6 rings (SSSR count). The van der Waals surface area contributed by atoms with E-state index in [1.807, 2.05) is 60.7 Å². The summed E-state index contributed by atoms with van der Waals surface area (Å²) in [6.07, 6.45) is 9.74. The third-order valence-electron chi connectivity index (χ3n) is 7.30. The van der Waals surface area contributed by atoms with E-state index in [2.05, 4.69) is 17.1 Å². The van der Waals surface area contributed by atoms with Gasteiger partial charge < -0.3 is 14.4 Å². The van der Waals surface area contributed by atoms with Crippen LogP contribution in [0.3, 0.4) is 0 Å². The highest BCUT2D eigenvalue weighted by Gasteiger charge is 2.57. The van der Waals surface area contributed by atoms with Crippen molar-refractivity contribution in [1.29, 1.82) is 0 Å². The molecule has 4 aromatic rings. The predicted molar refractivity (Wildman–Crippen MR) is 129 cm³/mol. The highest BCUT2D eigenvalue weighted by atomic mass is 16.6. The molecule has 3 atom stereocenters. The highest BCUT2D eigenvalue weighted by Crippen LogP contribution is 2.50. The van der Waals surface area contributed by atoms with Crippen LogP contribution in [0.25, 0.3) is 16.8 Å². The number of hydrogen-bond donors (Lipinski definition) is 0. The predicted octanol–water partition coefficient (Wildman–Crippen LogP) is 4.09. The quantitative estimate of drug-likeness (QED) is 0.435. The first kappa shape index (κ1) is 21.6. The second kappa shape index (κ2) is 8.41. The molecule has 0 radical (unpaired) electrons. The van der Waals surface area contributed by atoms with Crippen molar-refractivity contribution >= 4 is 11.6 Å². The number of likely N-dealkylation sites (tertiary alicyclic amines) is 1. The summed E-state index contributed by atoms with van der Waals surface area (Å²) >= 11 is 0. The topological polar surface area (TPSA) is 86.8 Å². The molecule has 1 saturated carbocycles. The van der Waals surface area contributed by atoms with Crippen molar-refractivity contribution in [2.45, 2.75) is 44.4 Å². The molecule has 35 heavy (non-hydrogen) atoms. The fourth-order valence-corrected chi connectivity index (χ4v) is 5.46. The van der Waals surface area contributed by atoms with Crippen LogP contribution in [0.5, 0.6) is 5.88 Å². The fourth-order valence-electron chi connectivity index (χ4n) is 5.46. The Kier molecular flexibility index (Phi) is 5.20. The molecule has 1 aromatic carbocycles. The molecule has 3 aromatic heterocycles. The molecular weight excluding hydrogens is 444 g/mol. The lowest BCUT2D eigenvalue weighted by Gasteiger charge is -2.58. The van der Waals surface area contributed by atoms with E-state index in [0.717, 1.165) is 41.6 Å². The second-order valence-electron chi connectivity index (χ2n) is 9.66. The van der Waals surface area contributed by atoms with E-state index >= 15 is 0 Å². The van der Waals surface area contributed by atoms with Gasteiger partial charge in [-0.05, 0) is 31.4 Å². The lowest BCUT2D eigenvalue weighted by Crippen LogP contribution is -2.67. The van der Waals surface area contributed by atoms with Gasteiger partial charge in [0.1, 0.15) is 17.7 Å². The van der Waals surface area contributed by atoms with Crippen LogP contribution in [-0.4, -0.2) is 53.6 Å². The average molecular weight is 473 g/mol. The van der Waals surface area contributed by atoms with Crippen molar-refractivity contribution < 1.29 is 14.3 Å². The van der Waals surface area contributed by atoms with Crippen molar-refractivity contribution in [3.8, 4) is 17.1 Å². The van der Waals surface area contributed by atoms with E-state index in [1.54, 1.807) is 21.6 Å². The molecule has 2 fully saturated rings. The van der Waals surface area contributed by atoms with Gasteiger partial charge in [0.25, 0.3) is 0 Å². The van der Waals surface area contributed by atoms with Crippen LogP contribution in [-0.2, 0) is 18.4 Å². The van der Waals surface area contributed by atoms with Crippen molar-refractivity contribution in [3.63, 3.8) is 0 Å². The number of carbonyl (C=O) groups excluding carboxylic acids is 1. The zero-order valence-corrected chi connectivity index (χ0v) is 19.9. The number of aromatic nitrogens is 5. The van der Waals surface area contributed by atoms with Crippen molar-refractivity contribution in [1.82, 2.24) is 29.3 Å². The monoisotopic (exact) mass is 472 g/mol. The first-order valence-corrected chi connectivity index (χ1v) is 12.0. The Hall–Kier alpha value is -3.88. The van der Waals surface area contributed by atoms with Gasteiger partial charge in [0.15, 0.2) is 0 Å². The summed E-state index contributed by atoms with van der Waals surface area (Å²) in [7, 11) is 1.88. The van der Waals surface area contributed by atoms with E-state index in [9.17, 15) is 4.79 Å². The molecule has 9 nitrogen and oxygen atoms in total. The summed E-state index contributed by atoms with van der Waals surface area (Å²) < 4.78 is 15.8. The first-order valence-electron chi connectivity index (χ1n) is 12.0. The summed E-state index contributed by atoms with van der Waals surface area (Å²) in [5, 5.41) is 8.67. The van der Waals surface area contributed by atoms with Crippen LogP contribution >= 0.6 is 0 Å². The molecule has 1 saturated heterocycles. The van der Waals surface area contributed by atoms with Crippen LogP contribution in [0.15, 0.2) is 61.2 Å². The maximum atomic E-state index is 12.9. The number of rotatable bonds is 5. The van der Waals surface area contributed by atoms with Gasteiger partial charge in [-0.3, -0.25) is 4.68 Å². The summed E-state index contributed by atoms with van der Waals surface area (Å²) in [5.41, 5.74) is 3.03. The maximum Gasteiger partial charge on any atom is 0.410 e. The van der Waals surface area contributed by atoms with Gasteiger partial charge in [-0.25, -0.2) is 14.3 Å². The van der Waals surface area contributed by atoms with Crippen LogP contribution in [0.1, 0.15) is 31.7 Å². The molecule has 2 aliphatic rings. The average Bonchev–Trinajstić information content (AvgIpc) is 3.52. The summed E-state index contributed by atoms with van der Waals surface area (Å²) in [4.78, 5) is 19.6. The number of ether oxygens (including phenoxy) is 2. The first-order chi connectivity index (χ1) is 17.0. The van der Waals surface area contributed by atoms with Crippen molar-refractivity contribution in [2.75, 3.05) is 6.54 Å². The molecule has 4 heterocycles. The van der Waals surface area contributed by atoms with Gasteiger partial charge in [-0.1, -0.05) is 30.3 Å². The van der Waals surface area contributed by atoms with Crippen molar-refractivity contribution in [3.05, 3.63) is 66.7 Å². The van der Waals surface area contributed by atoms with E-state index in [4.69, 9.17) is 14.5 Å². The Morgan fingerprint density at radius 2 is 2.03 bits per heavy atom. The smallest absolute Gasteiger partial charge is 0.410 e. The molecule has 1 aliphatic heterocycles. The number of benzene rings is 1. The normalized spacial score (nSPS) is 23.5. The standard InChI is InChI=1S/C26H28N6O3/c1-26(35-24-22-10-11-27-32(22)16-21(29-24)19-14-28-30(2)15-19)13-23-20(26)9-6-12-31(23)25(33)34-17-18-7-4-3-5-8-18/h3-5,7-8,10-11,14-16,20,23H,6,9,12-13,17H2,1-2H3/t20-,23-,26-/m1/s1. The second-order valence-corrected chi connectivity index (χ2v) is 9.66. The zero-order chi connectivity index (χ0) is 24.0. The van der Waals surface area contributed by atoms with Gasteiger partial charge >= 0.3 is 6.09 Å². The SMILES string of the molecule is Cn1cc(-c2cn3nccc3c(O[C@]3(C)C[C@@H]4[C@H]3CCCN4C(=O)OCc3ccccc3)n2)cn1. The Morgan fingerprint density at radius 1 is 1.17 bits per heavy atom. The van der Waals surface area contributed by atoms with Crippen LogP contribution in [0.4, 0.5) is 4.79 Å². The minimum Gasteiger partial charge on any atom is -0.469 e. The van der Waals surface area contributed by atoms with E-state index in [0.29, 0.717) is 12.4 Å². The molecular formula is C26H28N6O3. The van der Waals surface area contributed by atoms with E-state index in [-0.39, 0.29) is 24.7 Å². The van der Waals surface area contributed by atoms with Gasteiger partial charge in [0.05, 0.1) is 24.3 Å². The third-order valence-corrected chi connectivity index (χ3v) is 7.30. The van der Waals surface area contributed by atoms with E-state index in [1.165, 1.54) is 0 Å². The molecule has 0 unspecified atom stereocenters. The summed E-state index contributed by atoms with van der Waals surface area (Å²) in [6, 6.07) is 11.8. The Morgan fingerprint density at radius 3 is 2.83 bits per heavy atom. The number of nitrogens with zero attached hydrogens (tertiary/aromatic N) is 6. The Labute approximate surface area is 203 Å². The van der Waals surface area contributed by atoms with E-state index < -0.39 is 5.60 Å². The summed E-state index contributed by atoms with van der Waals surface area (Å²) in [5.74, 6) is 0.765. The van der Waals surface area contributed by atoms with Gasteiger partial charge in [0.2, 0.25) is 5.88 Å². The molecule has 0 N–H and O–H groups in total. The van der Waals surface area contributed by atoms with Gasteiger partial charge in [-0.15, -0.1) is 0 Å². The zero-order valence-electron chi connectivity index (χ0n) is 19.9. The number of fused-ring (bicyclic) bond motifs is 2. The highest BCUT2D eigenvalue weighted by molar-refractivity contribution is 5.69. The molecule has 9 heteroatoms. The van der Waals surface area contributed by atoms with Crippen molar-refractivity contribution in [2.24, 2.45) is 13.0 Å². The number of carbonyl (C=O) groups is 1. The van der Waals surface area contributed by atoms with Gasteiger partial charge in [0, 0.05) is 43.7 Å². The van der Waals surface area contributed by atoms with Crippen LogP contribution in [0.2, 0.25) is 0 Å². The number of hydrogen-bond acceptors (Lipinski definition) is 6. The molecule has 180 valence electrons. The Balaban J connectivity index is 1.20. The molecule has 1 amide bonds. The number of aryl methyl sites for hydroxylation is 1. The minimum atomic E-state index is -0.422. The third kappa shape index (κ3) is 3.90. The maximum absolute atomic E-state index is 12.9. The lowest BCUT2D eigenvalue weighted by atomic mass is 9.62. The number of amides is 1. The summed E-state index contributed by atoms with van der Waals surface area (Å²) in [6.45, 7) is 3.12. The molecule has 0 spiro atoms. The van der Waals surface area contributed by atoms with Crippen LogP contribution in [0, 0.1) is 5.92 Å². The Bertz CT molecular complexity index is 1370. The molecule has 1 aliphatic carbocycles. The number of piperidine rings is 1.